The summed E-state index contributed by atoms with van der Waals surface area (Å²) in [6.07, 6.45) is 3.42. The lowest BCUT2D eigenvalue weighted by Gasteiger charge is -2.38. The lowest BCUT2D eigenvalue weighted by Crippen LogP contribution is -2.50. The van der Waals surface area contributed by atoms with Gasteiger partial charge in [0.2, 0.25) is 5.91 Å². The van der Waals surface area contributed by atoms with E-state index in [0.29, 0.717) is 25.6 Å². The summed E-state index contributed by atoms with van der Waals surface area (Å²) >= 11 is 0. The molecule has 156 valence electrons. The van der Waals surface area contributed by atoms with Gasteiger partial charge in [-0.25, -0.2) is 4.39 Å². The molecule has 1 heterocycles. The molecular formula is C20H30FIN4O2. The summed E-state index contributed by atoms with van der Waals surface area (Å²) in [4.78, 5) is 18.3. The number of rotatable bonds is 6. The van der Waals surface area contributed by atoms with Gasteiger partial charge in [-0.15, -0.1) is 24.0 Å². The van der Waals surface area contributed by atoms with Gasteiger partial charge in [-0.2, -0.15) is 0 Å². The van der Waals surface area contributed by atoms with Crippen molar-refractivity contribution in [1.29, 1.82) is 0 Å². The van der Waals surface area contributed by atoms with Crippen molar-refractivity contribution in [2.24, 2.45) is 4.99 Å². The van der Waals surface area contributed by atoms with Crippen LogP contribution in [0.5, 0.6) is 0 Å². The molecule has 1 amide bonds. The van der Waals surface area contributed by atoms with Crippen LogP contribution in [0.4, 0.5) is 4.39 Å². The van der Waals surface area contributed by atoms with Crippen molar-refractivity contribution in [3.63, 3.8) is 0 Å². The molecule has 6 nitrogen and oxygen atoms in total. The smallest absolute Gasteiger partial charge is 0.220 e. The van der Waals surface area contributed by atoms with Gasteiger partial charge in [0, 0.05) is 32.6 Å². The molecule has 1 aliphatic carbocycles. The van der Waals surface area contributed by atoms with Crippen LogP contribution in [-0.2, 0) is 9.53 Å². The molecule has 2 fully saturated rings. The maximum Gasteiger partial charge on any atom is 0.220 e. The zero-order chi connectivity index (χ0) is 19.2. The number of carbonyl (C=O) groups excluding carboxylic acids is 1. The molecule has 2 aliphatic rings. The summed E-state index contributed by atoms with van der Waals surface area (Å²) in [5, 5.41) is 6.35. The van der Waals surface area contributed by atoms with E-state index in [9.17, 15) is 9.18 Å². The molecule has 1 aromatic carbocycles. The lowest BCUT2D eigenvalue weighted by molar-refractivity contribution is -0.121. The molecule has 0 radical (unpaired) electrons. The van der Waals surface area contributed by atoms with E-state index in [0.717, 1.165) is 37.3 Å². The van der Waals surface area contributed by atoms with Gasteiger partial charge in [0.25, 0.3) is 0 Å². The third-order valence-electron chi connectivity index (χ3n) is 4.82. The van der Waals surface area contributed by atoms with E-state index in [-0.39, 0.29) is 47.9 Å². The molecule has 0 spiro atoms. The number of morpholine rings is 1. The molecule has 8 heteroatoms. The number of ether oxygens (including phenoxy) is 1. The first-order chi connectivity index (χ1) is 13.0. The lowest BCUT2D eigenvalue weighted by atomic mass is 10.1. The van der Waals surface area contributed by atoms with Gasteiger partial charge in [0.05, 0.1) is 12.6 Å². The van der Waals surface area contributed by atoms with Crippen LogP contribution in [-0.4, -0.2) is 55.6 Å². The molecular weight excluding hydrogens is 474 g/mol. The standard InChI is InChI=1S/C20H29FN4O2.HI/c1-14-12-25(13-18(27-14)15-5-7-16(21)8-6-15)20(22-2)23-11-3-4-19(26)24-17-9-10-17;/h5-8,14,17-18H,3-4,9-13H2,1-2H3,(H,22,23)(H,24,26);1H. The van der Waals surface area contributed by atoms with E-state index in [1.54, 1.807) is 19.2 Å². The van der Waals surface area contributed by atoms with Gasteiger partial charge in [0.1, 0.15) is 11.9 Å². The zero-order valence-corrected chi connectivity index (χ0v) is 18.8. The average Bonchev–Trinajstić information content (AvgIpc) is 3.45. The highest BCUT2D eigenvalue weighted by molar-refractivity contribution is 14.0. The molecule has 2 N–H and O–H groups in total. The normalized spacial score (nSPS) is 22.4. The predicted molar refractivity (Wildman–Crippen MR) is 118 cm³/mol. The van der Waals surface area contributed by atoms with Crippen LogP contribution in [0.25, 0.3) is 0 Å². The second kappa shape index (κ2) is 10.9. The Kier molecular flexibility index (Phi) is 8.94. The summed E-state index contributed by atoms with van der Waals surface area (Å²) in [6.45, 7) is 4.10. The highest BCUT2D eigenvalue weighted by Crippen LogP contribution is 2.25. The van der Waals surface area contributed by atoms with Gasteiger partial charge >= 0.3 is 0 Å². The highest BCUT2D eigenvalue weighted by atomic mass is 127. The van der Waals surface area contributed by atoms with Gasteiger partial charge in [-0.3, -0.25) is 9.79 Å². The molecule has 2 unspecified atom stereocenters. The fourth-order valence-electron chi connectivity index (χ4n) is 3.29. The molecule has 28 heavy (non-hydrogen) atoms. The molecule has 1 aromatic rings. The monoisotopic (exact) mass is 504 g/mol. The minimum atomic E-state index is -0.248. The van der Waals surface area contributed by atoms with Crippen LogP contribution in [0.3, 0.4) is 0 Å². The Morgan fingerprint density at radius 1 is 1.29 bits per heavy atom. The van der Waals surface area contributed by atoms with Crippen LogP contribution in [0, 0.1) is 5.82 Å². The second-order valence-corrected chi connectivity index (χ2v) is 7.31. The van der Waals surface area contributed by atoms with E-state index in [1.165, 1.54) is 12.1 Å². The predicted octanol–water partition coefficient (Wildman–Crippen LogP) is 2.84. The van der Waals surface area contributed by atoms with Crippen molar-refractivity contribution >= 4 is 35.8 Å². The molecule has 3 rings (SSSR count). The van der Waals surface area contributed by atoms with Crippen molar-refractivity contribution < 1.29 is 13.9 Å². The maximum atomic E-state index is 13.2. The number of benzene rings is 1. The Morgan fingerprint density at radius 2 is 2.00 bits per heavy atom. The van der Waals surface area contributed by atoms with Crippen molar-refractivity contribution in [1.82, 2.24) is 15.5 Å². The van der Waals surface area contributed by atoms with Crippen molar-refractivity contribution in [2.45, 2.75) is 50.9 Å². The summed E-state index contributed by atoms with van der Waals surface area (Å²) in [5.41, 5.74) is 0.958. The Morgan fingerprint density at radius 3 is 2.64 bits per heavy atom. The van der Waals surface area contributed by atoms with Gasteiger partial charge < -0.3 is 20.3 Å². The van der Waals surface area contributed by atoms with E-state index in [4.69, 9.17) is 4.74 Å². The third kappa shape index (κ3) is 6.88. The number of nitrogens with one attached hydrogen (secondary N) is 2. The van der Waals surface area contributed by atoms with Crippen LogP contribution in [0.2, 0.25) is 0 Å². The van der Waals surface area contributed by atoms with Gasteiger partial charge in [0.15, 0.2) is 5.96 Å². The van der Waals surface area contributed by atoms with Crippen LogP contribution in [0.1, 0.15) is 44.3 Å². The zero-order valence-electron chi connectivity index (χ0n) is 16.5. The van der Waals surface area contributed by atoms with Crippen molar-refractivity contribution in [3.8, 4) is 0 Å². The largest absolute Gasteiger partial charge is 0.367 e. The first-order valence-corrected chi connectivity index (χ1v) is 9.71. The molecule has 1 saturated carbocycles. The minimum absolute atomic E-state index is 0. The molecule has 2 atom stereocenters. The Hall–Kier alpha value is -1.42. The van der Waals surface area contributed by atoms with E-state index in [2.05, 4.69) is 20.5 Å². The second-order valence-electron chi connectivity index (χ2n) is 7.31. The SMILES string of the molecule is CN=C(NCCCC(=O)NC1CC1)N1CC(C)OC(c2ccc(F)cc2)C1.I. The van der Waals surface area contributed by atoms with E-state index >= 15 is 0 Å². The molecule has 1 aliphatic heterocycles. The minimum Gasteiger partial charge on any atom is -0.367 e. The number of amides is 1. The first kappa shape index (κ1) is 22.9. The Bertz CT molecular complexity index is 667. The fraction of sp³-hybridized carbons (Fsp3) is 0.600. The number of hydrogen-bond acceptors (Lipinski definition) is 3. The van der Waals surface area contributed by atoms with E-state index < -0.39 is 0 Å². The summed E-state index contributed by atoms with van der Waals surface area (Å²) < 4.78 is 19.2. The van der Waals surface area contributed by atoms with Crippen LogP contribution < -0.4 is 10.6 Å². The van der Waals surface area contributed by atoms with Crippen LogP contribution in [0.15, 0.2) is 29.3 Å². The van der Waals surface area contributed by atoms with Crippen LogP contribution >= 0.6 is 24.0 Å². The number of carbonyl (C=O) groups is 1. The molecule has 0 aromatic heterocycles. The summed E-state index contributed by atoms with van der Waals surface area (Å²) in [6, 6.07) is 6.87. The number of hydrogen-bond donors (Lipinski definition) is 2. The van der Waals surface area contributed by atoms with Crippen molar-refractivity contribution in [2.75, 3.05) is 26.7 Å². The number of halogens is 2. The maximum absolute atomic E-state index is 13.2. The molecule has 1 saturated heterocycles. The fourth-order valence-corrected chi connectivity index (χ4v) is 3.29. The average molecular weight is 504 g/mol. The van der Waals surface area contributed by atoms with E-state index in [1.807, 2.05) is 6.92 Å². The third-order valence-corrected chi connectivity index (χ3v) is 4.82. The summed E-state index contributed by atoms with van der Waals surface area (Å²) in [7, 11) is 1.76. The topological polar surface area (TPSA) is 66.0 Å². The number of guanidine groups is 1. The number of nitrogens with zero attached hydrogens (tertiary/aromatic N) is 2. The van der Waals surface area contributed by atoms with Gasteiger partial charge in [-0.1, -0.05) is 12.1 Å². The number of aliphatic imine (C=N–C) groups is 1. The highest BCUT2D eigenvalue weighted by Gasteiger charge is 2.28. The summed E-state index contributed by atoms with van der Waals surface area (Å²) in [5.74, 6) is 0.688. The van der Waals surface area contributed by atoms with Gasteiger partial charge in [-0.05, 0) is 43.9 Å². The molecule has 0 bridgehead atoms. The Labute approximate surface area is 183 Å². The Balaban J connectivity index is 0.00000280. The first-order valence-electron chi connectivity index (χ1n) is 9.71. The van der Waals surface area contributed by atoms with Crippen molar-refractivity contribution in [3.05, 3.63) is 35.6 Å². The quantitative estimate of drug-likeness (QED) is 0.271.